The number of piperazine rings is 1. The summed E-state index contributed by atoms with van der Waals surface area (Å²) in [5.74, 6) is 0. The Hall–Kier alpha value is -1.32. The number of hydrogen-bond donors (Lipinski definition) is 2. The molecule has 3 nitrogen and oxygen atoms in total. The van der Waals surface area contributed by atoms with Crippen LogP contribution in [0.2, 0.25) is 0 Å². The molecule has 19 heavy (non-hydrogen) atoms. The second kappa shape index (κ2) is 4.99. The van der Waals surface area contributed by atoms with Crippen LogP contribution in [-0.2, 0) is 13.5 Å². The van der Waals surface area contributed by atoms with Crippen molar-refractivity contribution in [3.8, 4) is 0 Å². The van der Waals surface area contributed by atoms with Gasteiger partial charge < -0.3 is 15.2 Å². The summed E-state index contributed by atoms with van der Waals surface area (Å²) in [6.45, 7) is 7.64. The number of nitrogens with zero attached hydrogens (tertiary/aromatic N) is 1. The van der Waals surface area contributed by atoms with Gasteiger partial charge in [-0.25, -0.2) is 0 Å². The lowest BCUT2D eigenvalue weighted by Gasteiger charge is -2.24. The summed E-state index contributed by atoms with van der Waals surface area (Å²) < 4.78 is 2.26. The van der Waals surface area contributed by atoms with E-state index >= 15 is 0 Å². The van der Waals surface area contributed by atoms with Crippen LogP contribution in [0.4, 0.5) is 0 Å². The smallest absolute Gasteiger partial charge is 0.0485 e. The van der Waals surface area contributed by atoms with E-state index in [4.69, 9.17) is 0 Å². The van der Waals surface area contributed by atoms with Crippen molar-refractivity contribution in [1.82, 2.24) is 15.2 Å². The lowest BCUT2D eigenvalue weighted by molar-refractivity contribution is 0.417. The molecule has 0 spiro atoms. The van der Waals surface area contributed by atoms with E-state index in [9.17, 15) is 0 Å². The van der Waals surface area contributed by atoms with Crippen molar-refractivity contribution in [2.45, 2.75) is 26.3 Å². The van der Waals surface area contributed by atoms with E-state index in [1.54, 1.807) is 0 Å². The number of hydrogen-bond acceptors (Lipinski definition) is 2. The third-order valence-electron chi connectivity index (χ3n) is 4.10. The number of rotatable bonds is 2. The predicted molar refractivity (Wildman–Crippen MR) is 80.8 cm³/mol. The Morgan fingerprint density at radius 3 is 2.84 bits per heavy atom. The molecule has 0 amide bonds. The monoisotopic (exact) mass is 257 g/mol. The van der Waals surface area contributed by atoms with Gasteiger partial charge in [-0.2, -0.15) is 0 Å². The Balaban J connectivity index is 1.99. The summed E-state index contributed by atoms with van der Waals surface area (Å²) in [5, 5.41) is 8.51. The first kappa shape index (κ1) is 12.7. The average Bonchev–Trinajstić information content (AvgIpc) is 2.67. The molecule has 2 aromatic rings. The first-order valence-electron chi connectivity index (χ1n) is 7.14. The molecule has 2 heterocycles. The number of nitrogens with one attached hydrogen (secondary N) is 2. The summed E-state index contributed by atoms with van der Waals surface area (Å²) in [7, 11) is 2.15. The van der Waals surface area contributed by atoms with Gasteiger partial charge in [0, 0.05) is 49.8 Å². The largest absolute Gasteiger partial charge is 0.350 e. The molecule has 3 rings (SSSR count). The topological polar surface area (TPSA) is 29.0 Å². The van der Waals surface area contributed by atoms with Crippen LogP contribution in [-0.4, -0.2) is 30.2 Å². The highest BCUT2D eigenvalue weighted by atomic mass is 15.1. The predicted octanol–water partition coefficient (Wildman–Crippen LogP) is 1.90. The molecule has 0 aliphatic carbocycles. The van der Waals surface area contributed by atoms with Gasteiger partial charge in [-0.15, -0.1) is 0 Å². The summed E-state index contributed by atoms with van der Waals surface area (Å²) in [4.78, 5) is 0. The molecule has 0 radical (unpaired) electrons. The zero-order valence-electron chi connectivity index (χ0n) is 12.1. The van der Waals surface area contributed by atoms with Crippen molar-refractivity contribution in [3.63, 3.8) is 0 Å². The third kappa shape index (κ3) is 2.40. The van der Waals surface area contributed by atoms with Gasteiger partial charge in [0.05, 0.1) is 0 Å². The molecule has 1 aliphatic rings. The van der Waals surface area contributed by atoms with Gasteiger partial charge in [-0.1, -0.05) is 6.07 Å². The molecule has 0 saturated carbocycles. The van der Waals surface area contributed by atoms with Gasteiger partial charge in [0.1, 0.15) is 0 Å². The normalized spacial score (nSPS) is 20.1. The Kier molecular flexibility index (Phi) is 3.33. The highest BCUT2D eigenvalue weighted by molar-refractivity contribution is 5.88. The Morgan fingerprint density at radius 1 is 1.26 bits per heavy atom. The molecule has 3 heteroatoms. The molecular weight excluding hydrogens is 234 g/mol. The molecule has 1 atom stereocenters. The van der Waals surface area contributed by atoms with E-state index < -0.39 is 0 Å². The van der Waals surface area contributed by atoms with Crippen LogP contribution in [0.3, 0.4) is 0 Å². The van der Waals surface area contributed by atoms with Crippen molar-refractivity contribution in [1.29, 1.82) is 0 Å². The molecule has 1 aromatic heterocycles. The first-order chi connectivity index (χ1) is 9.15. The highest BCUT2D eigenvalue weighted by Gasteiger charge is 2.16. The Morgan fingerprint density at radius 2 is 2.11 bits per heavy atom. The number of aryl methyl sites for hydroxylation is 3. The van der Waals surface area contributed by atoms with Crippen molar-refractivity contribution in [2.24, 2.45) is 7.05 Å². The average molecular weight is 257 g/mol. The van der Waals surface area contributed by atoms with E-state index in [2.05, 4.69) is 54.4 Å². The Bertz CT molecular complexity index is 592. The lowest BCUT2D eigenvalue weighted by Crippen LogP contribution is -2.49. The van der Waals surface area contributed by atoms with E-state index in [0.717, 1.165) is 26.1 Å². The van der Waals surface area contributed by atoms with Gasteiger partial charge in [0.15, 0.2) is 0 Å². The molecule has 1 aliphatic heterocycles. The van der Waals surface area contributed by atoms with E-state index in [1.807, 2.05) is 0 Å². The van der Waals surface area contributed by atoms with Gasteiger partial charge in [-0.05, 0) is 43.0 Å². The maximum Gasteiger partial charge on any atom is 0.0485 e. The molecule has 1 aromatic carbocycles. The summed E-state index contributed by atoms with van der Waals surface area (Å²) >= 11 is 0. The zero-order chi connectivity index (χ0) is 13.4. The molecule has 1 saturated heterocycles. The number of aromatic nitrogens is 1. The minimum absolute atomic E-state index is 0.556. The fourth-order valence-electron chi connectivity index (χ4n) is 3.29. The fraction of sp³-hybridized carbons (Fsp3) is 0.500. The van der Waals surface area contributed by atoms with Crippen LogP contribution in [0.25, 0.3) is 10.9 Å². The first-order valence-corrected chi connectivity index (χ1v) is 7.14. The number of fused-ring (bicyclic) bond motifs is 1. The second-order valence-corrected chi connectivity index (χ2v) is 5.80. The van der Waals surface area contributed by atoms with Crippen LogP contribution in [0.5, 0.6) is 0 Å². The van der Waals surface area contributed by atoms with Gasteiger partial charge in [-0.3, -0.25) is 0 Å². The van der Waals surface area contributed by atoms with Crippen molar-refractivity contribution >= 4 is 10.9 Å². The molecule has 2 N–H and O–H groups in total. The molecule has 1 unspecified atom stereocenters. The highest BCUT2D eigenvalue weighted by Crippen LogP contribution is 2.26. The van der Waals surface area contributed by atoms with Gasteiger partial charge in [0.2, 0.25) is 0 Å². The second-order valence-electron chi connectivity index (χ2n) is 5.80. The van der Waals surface area contributed by atoms with Crippen LogP contribution in [0.1, 0.15) is 16.7 Å². The summed E-state index contributed by atoms with van der Waals surface area (Å²) in [6, 6.07) is 5.14. The zero-order valence-corrected chi connectivity index (χ0v) is 12.1. The minimum atomic E-state index is 0.556. The van der Waals surface area contributed by atoms with Gasteiger partial charge in [0.25, 0.3) is 0 Å². The van der Waals surface area contributed by atoms with E-state index in [-0.39, 0.29) is 0 Å². The van der Waals surface area contributed by atoms with E-state index in [1.165, 1.54) is 27.6 Å². The fourth-order valence-corrected chi connectivity index (χ4v) is 3.29. The standard InChI is InChI=1S/C16H23N3/c1-11-6-12(2)16-13(10-19(3)15(16)7-11)8-14-9-17-4-5-18-14/h6-7,10,14,17-18H,4-5,8-9H2,1-3H3. The minimum Gasteiger partial charge on any atom is -0.350 e. The summed E-state index contributed by atoms with van der Waals surface area (Å²) in [5.41, 5.74) is 5.57. The van der Waals surface area contributed by atoms with Crippen molar-refractivity contribution < 1.29 is 0 Å². The SMILES string of the molecule is Cc1cc(C)c2c(CC3CNCCN3)cn(C)c2c1. The maximum atomic E-state index is 3.60. The van der Waals surface area contributed by atoms with E-state index in [0.29, 0.717) is 6.04 Å². The Labute approximate surface area is 115 Å². The van der Waals surface area contributed by atoms with Crippen LogP contribution < -0.4 is 10.6 Å². The number of benzene rings is 1. The maximum absolute atomic E-state index is 3.60. The van der Waals surface area contributed by atoms with Crippen molar-refractivity contribution in [2.75, 3.05) is 19.6 Å². The quantitative estimate of drug-likeness (QED) is 0.860. The van der Waals surface area contributed by atoms with Crippen LogP contribution in [0, 0.1) is 13.8 Å². The van der Waals surface area contributed by atoms with Crippen LogP contribution >= 0.6 is 0 Å². The van der Waals surface area contributed by atoms with Crippen molar-refractivity contribution in [3.05, 3.63) is 35.0 Å². The third-order valence-corrected chi connectivity index (χ3v) is 4.10. The van der Waals surface area contributed by atoms with Gasteiger partial charge >= 0.3 is 0 Å². The summed E-state index contributed by atoms with van der Waals surface area (Å²) in [6.07, 6.45) is 3.40. The molecule has 0 bridgehead atoms. The lowest BCUT2D eigenvalue weighted by atomic mass is 9.99. The molecule has 102 valence electrons. The molecule has 1 fully saturated rings. The van der Waals surface area contributed by atoms with Crippen LogP contribution in [0.15, 0.2) is 18.3 Å². The molecular formula is C16H23N3.